The van der Waals surface area contributed by atoms with Crippen LogP contribution >= 0.6 is 0 Å². The van der Waals surface area contributed by atoms with E-state index in [2.05, 4.69) is 25.8 Å². The maximum atomic E-state index is 13.3. The molecule has 2 aromatic heterocycles. The van der Waals surface area contributed by atoms with E-state index in [4.69, 9.17) is 0 Å². The predicted molar refractivity (Wildman–Crippen MR) is 110 cm³/mol. The molecular formula is C22H29N5O. The zero-order valence-corrected chi connectivity index (χ0v) is 16.8. The SMILES string of the molecule is CN(C)C(=O)[C@]12CCCN(Cc3ccccn3)C[C@H]1CN(c1ccccn1)C2. The number of pyridine rings is 2. The zero-order chi connectivity index (χ0) is 19.6. The van der Waals surface area contributed by atoms with E-state index in [0.717, 1.165) is 57.1 Å². The van der Waals surface area contributed by atoms with Gasteiger partial charge in [-0.3, -0.25) is 14.7 Å². The molecule has 4 rings (SSSR count). The molecule has 6 nitrogen and oxygen atoms in total. The summed E-state index contributed by atoms with van der Waals surface area (Å²) in [6, 6.07) is 12.1. The van der Waals surface area contributed by atoms with E-state index < -0.39 is 0 Å². The minimum absolute atomic E-state index is 0.260. The number of carbonyl (C=O) groups is 1. The van der Waals surface area contributed by atoms with Crippen molar-refractivity contribution in [1.29, 1.82) is 0 Å². The maximum Gasteiger partial charge on any atom is 0.230 e. The molecule has 2 atom stereocenters. The van der Waals surface area contributed by atoms with Crippen LogP contribution < -0.4 is 4.90 Å². The van der Waals surface area contributed by atoms with E-state index in [1.807, 2.05) is 56.8 Å². The fourth-order valence-electron chi connectivity index (χ4n) is 4.89. The van der Waals surface area contributed by atoms with Crippen molar-refractivity contribution in [3.05, 3.63) is 54.5 Å². The molecule has 0 aliphatic carbocycles. The van der Waals surface area contributed by atoms with Crippen molar-refractivity contribution in [3.63, 3.8) is 0 Å². The Labute approximate surface area is 167 Å². The van der Waals surface area contributed by atoms with Crippen LogP contribution in [0.3, 0.4) is 0 Å². The summed E-state index contributed by atoms with van der Waals surface area (Å²) in [4.78, 5) is 28.9. The number of anilines is 1. The molecule has 1 amide bonds. The summed E-state index contributed by atoms with van der Waals surface area (Å²) < 4.78 is 0. The Bertz CT molecular complexity index is 797. The normalized spacial score (nSPS) is 25.2. The van der Waals surface area contributed by atoms with Crippen LogP contribution in [-0.4, -0.2) is 65.9 Å². The van der Waals surface area contributed by atoms with Crippen LogP contribution in [-0.2, 0) is 11.3 Å². The number of carbonyl (C=O) groups excluding carboxylic acids is 1. The lowest BCUT2D eigenvalue weighted by Crippen LogP contribution is -2.47. The number of fused-ring (bicyclic) bond motifs is 1. The topological polar surface area (TPSA) is 52.6 Å². The number of nitrogens with zero attached hydrogens (tertiary/aromatic N) is 5. The van der Waals surface area contributed by atoms with Gasteiger partial charge in [0.25, 0.3) is 0 Å². The molecule has 0 spiro atoms. The van der Waals surface area contributed by atoms with Gasteiger partial charge in [0.05, 0.1) is 11.1 Å². The summed E-state index contributed by atoms with van der Waals surface area (Å²) in [6.45, 7) is 4.39. The molecule has 0 N–H and O–H groups in total. The second-order valence-corrected chi connectivity index (χ2v) is 8.28. The van der Waals surface area contributed by atoms with E-state index in [1.54, 1.807) is 4.90 Å². The smallest absolute Gasteiger partial charge is 0.230 e. The van der Waals surface area contributed by atoms with Crippen LogP contribution in [0.2, 0.25) is 0 Å². The van der Waals surface area contributed by atoms with Crippen molar-refractivity contribution in [3.8, 4) is 0 Å². The molecule has 2 fully saturated rings. The molecule has 28 heavy (non-hydrogen) atoms. The van der Waals surface area contributed by atoms with Crippen molar-refractivity contribution >= 4 is 11.7 Å². The van der Waals surface area contributed by atoms with Crippen molar-refractivity contribution in [1.82, 2.24) is 19.8 Å². The third-order valence-corrected chi connectivity index (χ3v) is 6.19. The number of hydrogen-bond donors (Lipinski definition) is 0. The van der Waals surface area contributed by atoms with Gasteiger partial charge in [0.15, 0.2) is 0 Å². The standard InChI is InChI=1S/C22H29N5O/c1-25(2)21(28)22-10-7-13-26(16-19-8-3-5-11-23-19)14-18(22)15-27(17-22)20-9-4-6-12-24-20/h3-6,8-9,11-12,18H,7,10,13-17H2,1-2H3/t18-,22-/m0/s1. The van der Waals surface area contributed by atoms with Gasteiger partial charge in [-0.05, 0) is 43.7 Å². The summed E-state index contributed by atoms with van der Waals surface area (Å²) in [5.41, 5.74) is 0.758. The minimum atomic E-state index is -0.333. The Hall–Kier alpha value is -2.47. The van der Waals surface area contributed by atoms with E-state index in [9.17, 15) is 4.79 Å². The fourth-order valence-corrected chi connectivity index (χ4v) is 4.89. The summed E-state index contributed by atoms with van der Waals surface area (Å²) in [7, 11) is 3.77. The lowest BCUT2D eigenvalue weighted by Gasteiger charge is -2.34. The average molecular weight is 380 g/mol. The van der Waals surface area contributed by atoms with Crippen molar-refractivity contribution in [2.75, 3.05) is 45.2 Å². The van der Waals surface area contributed by atoms with Crippen LogP contribution in [0.15, 0.2) is 48.8 Å². The van der Waals surface area contributed by atoms with Crippen LogP contribution in [0.4, 0.5) is 5.82 Å². The molecule has 6 heteroatoms. The van der Waals surface area contributed by atoms with E-state index in [-0.39, 0.29) is 17.2 Å². The molecule has 2 aliphatic heterocycles. The highest BCUT2D eigenvalue weighted by atomic mass is 16.2. The number of aromatic nitrogens is 2. The summed E-state index contributed by atoms with van der Waals surface area (Å²) in [5.74, 6) is 1.52. The van der Waals surface area contributed by atoms with Gasteiger partial charge < -0.3 is 9.80 Å². The summed E-state index contributed by atoms with van der Waals surface area (Å²) in [6.07, 6.45) is 5.64. The number of rotatable bonds is 4. The molecule has 0 aromatic carbocycles. The van der Waals surface area contributed by atoms with Gasteiger partial charge in [-0.2, -0.15) is 0 Å². The Morgan fingerprint density at radius 1 is 1.14 bits per heavy atom. The van der Waals surface area contributed by atoms with Crippen LogP contribution in [0.5, 0.6) is 0 Å². The van der Waals surface area contributed by atoms with Crippen LogP contribution in [0.25, 0.3) is 0 Å². The minimum Gasteiger partial charge on any atom is -0.355 e. The van der Waals surface area contributed by atoms with E-state index in [1.165, 1.54) is 0 Å². The van der Waals surface area contributed by atoms with Crippen LogP contribution in [0, 0.1) is 11.3 Å². The highest BCUT2D eigenvalue weighted by Gasteiger charge is 2.53. The lowest BCUT2D eigenvalue weighted by atomic mass is 9.74. The first-order chi connectivity index (χ1) is 13.6. The first-order valence-corrected chi connectivity index (χ1v) is 10.1. The molecule has 0 saturated carbocycles. The van der Waals surface area contributed by atoms with Gasteiger partial charge >= 0.3 is 0 Å². The van der Waals surface area contributed by atoms with Gasteiger partial charge in [-0.1, -0.05) is 12.1 Å². The molecule has 2 aliphatic rings. The van der Waals surface area contributed by atoms with Gasteiger partial charge in [0.1, 0.15) is 5.82 Å². The third kappa shape index (κ3) is 3.61. The molecule has 4 heterocycles. The third-order valence-electron chi connectivity index (χ3n) is 6.19. The molecule has 148 valence electrons. The lowest BCUT2D eigenvalue weighted by molar-refractivity contribution is -0.141. The molecular weight excluding hydrogens is 350 g/mol. The highest BCUT2D eigenvalue weighted by molar-refractivity contribution is 5.84. The molecule has 0 unspecified atom stereocenters. The number of likely N-dealkylation sites (tertiary alicyclic amines) is 1. The van der Waals surface area contributed by atoms with Gasteiger partial charge in [-0.15, -0.1) is 0 Å². The maximum absolute atomic E-state index is 13.3. The fraction of sp³-hybridized carbons (Fsp3) is 0.500. The Balaban J connectivity index is 1.60. The van der Waals surface area contributed by atoms with E-state index in [0.29, 0.717) is 0 Å². The Kier molecular flexibility index (Phi) is 5.31. The number of amides is 1. The van der Waals surface area contributed by atoms with Gasteiger partial charge in [0, 0.05) is 58.6 Å². The highest BCUT2D eigenvalue weighted by Crippen LogP contribution is 2.45. The predicted octanol–water partition coefficient (Wildman–Crippen LogP) is 2.28. The van der Waals surface area contributed by atoms with E-state index >= 15 is 0 Å². The largest absolute Gasteiger partial charge is 0.355 e. The first kappa shape index (κ1) is 18.9. The van der Waals surface area contributed by atoms with Crippen LogP contribution in [0.1, 0.15) is 18.5 Å². The zero-order valence-electron chi connectivity index (χ0n) is 16.8. The molecule has 2 saturated heterocycles. The number of hydrogen-bond acceptors (Lipinski definition) is 5. The molecule has 2 aromatic rings. The molecule has 0 radical (unpaired) electrons. The second-order valence-electron chi connectivity index (χ2n) is 8.28. The second kappa shape index (κ2) is 7.87. The van der Waals surface area contributed by atoms with Crippen molar-refractivity contribution in [2.24, 2.45) is 11.3 Å². The van der Waals surface area contributed by atoms with Crippen molar-refractivity contribution in [2.45, 2.75) is 19.4 Å². The Morgan fingerprint density at radius 2 is 1.93 bits per heavy atom. The van der Waals surface area contributed by atoms with Crippen molar-refractivity contribution < 1.29 is 4.79 Å². The summed E-state index contributed by atoms with van der Waals surface area (Å²) in [5, 5.41) is 0. The van der Waals surface area contributed by atoms with Gasteiger partial charge in [0.2, 0.25) is 5.91 Å². The van der Waals surface area contributed by atoms with Gasteiger partial charge in [-0.25, -0.2) is 4.98 Å². The Morgan fingerprint density at radius 3 is 2.61 bits per heavy atom. The monoisotopic (exact) mass is 379 g/mol. The first-order valence-electron chi connectivity index (χ1n) is 10.1. The molecule has 0 bridgehead atoms. The quantitative estimate of drug-likeness (QED) is 0.816. The average Bonchev–Trinajstić information content (AvgIpc) is 2.99. The summed E-state index contributed by atoms with van der Waals surface area (Å²) >= 11 is 0.